The van der Waals surface area contributed by atoms with Crippen LogP contribution >= 0.6 is 0 Å². The number of hydrogen-bond donors (Lipinski definition) is 0. The first-order chi connectivity index (χ1) is 10.3. The van der Waals surface area contributed by atoms with Gasteiger partial charge in [-0.3, -0.25) is 14.4 Å². The Morgan fingerprint density at radius 3 is 2.45 bits per heavy atom. The molecule has 0 radical (unpaired) electrons. The lowest BCUT2D eigenvalue weighted by atomic mass is 10.2. The van der Waals surface area contributed by atoms with Crippen molar-refractivity contribution >= 4 is 15.7 Å². The number of piperazine rings is 1. The second kappa shape index (κ2) is 6.78. The largest absolute Gasteiger partial charge is 0.338 e. The lowest BCUT2D eigenvalue weighted by Crippen LogP contribution is -2.51. The van der Waals surface area contributed by atoms with Gasteiger partial charge in [0.2, 0.25) is 5.91 Å². The van der Waals surface area contributed by atoms with E-state index in [4.69, 9.17) is 0 Å². The van der Waals surface area contributed by atoms with Crippen molar-refractivity contribution in [2.24, 2.45) is 0 Å². The number of carbonyl (C=O) groups is 1. The van der Waals surface area contributed by atoms with E-state index in [1.165, 1.54) is 6.26 Å². The zero-order valence-electron chi connectivity index (χ0n) is 13.4. The third-order valence-corrected chi connectivity index (χ3v) is 4.98. The van der Waals surface area contributed by atoms with Gasteiger partial charge >= 0.3 is 0 Å². The molecule has 1 amide bonds. The van der Waals surface area contributed by atoms with E-state index in [2.05, 4.69) is 10.00 Å². The van der Waals surface area contributed by atoms with E-state index >= 15 is 0 Å². The lowest BCUT2D eigenvalue weighted by molar-refractivity contribution is -0.136. The summed E-state index contributed by atoms with van der Waals surface area (Å²) in [7, 11) is -2.93. The quantitative estimate of drug-likeness (QED) is 0.757. The fourth-order valence-corrected chi connectivity index (χ4v) is 3.23. The molecule has 1 saturated heterocycles. The Morgan fingerprint density at radius 1 is 1.32 bits per heavy atom. The minimum Gasteiger partial charge on any atom is -0.338 e. The molecule has 2 heterocycles. The Morgan fingerprint density at radius 2 is 1.95 bits per heavy atom. The van der Waals surface area contributed by atoms with E-state index in [0.717, 1.165) is 5.69 Å². The molecule has 124 valence electrons. The Labute approximate surface area is 131 Å². The monoisotopic (exact) mass is 328 g/mol. The second-order valence-corrected chi connectivity index (χ2v) is 8.15. The minimum absolute atomic E-state index is 0.0644. The van der Waals surface area contributed by atoms with Crippen LogP contribution in [0.25, 0.3) is 0 Å². The van der Waals surface area contributed by atoms with Gasteiger partial charge in [-0.2, -0.15) is 5.10 Å². The van der Waals surface area contributed by atoms with E-state index in [-0.39, 0.29) is 17.7 Å². The zero-order chi connectivity index (χ0) is 16.3. The predicted octanol–water partition coefficient (Wildman–Crippen LogP) is -0.0587. The van der Waals surface area contributed by atoms with Crippen LogP contribution in [0, 0.1) is 6.92 Å². The van der Waals surface area contributed by atoms with E-state index < -0.39 is 9.84 Å². The van der Waals surface area contributed by atoms with Crippen LogP contribution in [-0.4, -0.2) is 78.6 Å². The highest BCUT2D eigenvalue weighted by molar-refractivity contribution is 7.90. The van der Waals surface area contributed by atoms with Crippen molar-refractivity contribution in [3.63, 3.8) is 0 Å². The van der Waals surface area contributed by atoms with Crippen LogP contribution < -0.4 is 0 Å². The van der Waals surface area contributed by atoms with E-state index in [0.29, 0.717) is 32.7 Å². The molecule has 0 saturated carbocycles. The molecule has 2 rings (SSSR count). The van der Waals surface area contributed by atoms with E-state index in [1.807, 2.05) is 24.8 Å². The Balaban J connectivity index is 1.86. The molecule has 1 aromatic heterocycles. The first kappa shape index (κ1) is 17.0. The van der Waals surface area contributed by atoms with Crippen LogP contribution in [0.15, 0.2) is 12.3 Å². The highest BCUT2D eigenvalue weighted by Crippen LogP contribution is 2.13. The number of aromatic nitrogens is 2. The topological polar surface area (TPSA) is 75.5 Å². The van der Waals surface area contributed by atoms with Crippen molar-refractivity contribution in [3.8, 4) is 0 Å². The number of rotatable bonds is 5. The Bertz CT molecular complexity index is 618. The summed E-state index contributed by atoms with van der Waals surface area (Å²) in [5, 5.41) is 4.20. The molecule has 1 aliphatic heterocycles. The standard InChI is InChI=1S/C14H24N4O3S/c1-12-4-5-15-18(12)13(2)14(19)17-8-6-16(7-9-17)10-11-22(3,20)21/h4-5,13H,6-11H2,1-3H3. The number of sulfone groups is 1. The first-order valence-corrected chi connectivity index (χ1v) is 9.53. The van der Waals surface area contributed by atoms with Crippen molar-refractivity contribution in [3.05, 3.63) is 18.0 Å². The molecule has 7 nitrogen and oxygen atoms in total. The molecule has 1 aromatic rings. The molecule has 1 unspecified atom stereocenters. The van der Waals surface area contributed by atoms with Gasteiger partial charge in [-0.05, 0) is 19.9 Å². The molecule has 0 N–H and O–H groups in total. The van der Waals surface area contributed by atoms with E-state index in [1.54, 1.807) is 10.9 Å². The summed E-state index contributed by atoms with van der Waals surface area (Å²) in [6.07, 6.45) is 2.95. The number of aryl methyl sites for hydroxylation is 1. The molecule has 0 aliphatic carbocycles. The van der Waals surface area contributed by atoms with Gasteiger partial charge < -0.3 is 4.90 Å². The maximum atomic E-state index is 12.5. The van der Waals surface area contributed by atoms with Gasteiger partial charge in [-0.15, -0.1) is 0 Å². The van der Waals surface area contributed by atoms with Gasteiger partial charge in [-0.25, -0.2) is 8.42 Å². The molecule has 0 aromatic carbocycles. The maximum absolute atomic E-state index is 12.5. The molecule has 1 fully saturated rings. The van der Waals surface area contributed by atoms with Gasteiger partial charge in [0.15, 0.2) is 0 Å². The molecular weight excluding hydrogens is 304 g/mol. The number of hydrogen-bond acceptors (Lipinski definition) is 5. The Kier molecular flexibility index (Phi) is 5.23. The summed E-state index contributed by atoms with van der Waals surface area (Å²) < 4.78 is 24.1. The fraction of sp³-hybridized carbons (Fsp3) is 0.714. The van der Waals surface area contributed by atoms with Crippen LogP contribution in [0.4, 0.5) is 0 Å². The molecular formula is C14H24N4O3S. The predicted molar refractivity (Wildman–Crippen MR) is 84.4 cm³/mol. The normalized spacial score (nSPS) is 18.4. The number of carbonyl (C=O) groups excluding carboxylic acids is 1. The molecule has 1 atom stereocenters. The van der Waals surface area contributed by atoms with Crippen LogP contribution in [0.5, 0.6) is 0 Å². The van der Waals surface area contributed by atoms with Gasteiger partial charge in [0.05, 0.1) is 5.75 Å². The Hall–Kier alpha value is -1.41. The molecule has 0 spiro atoms. The molecule has 8 heteroatoms. The number of nitrogens with zero attached hydrogens (tertiary/aromatic N) is 4. The lowest BCUT2D eigenvalue weighted by Gasteiger charge is -2.35. The van der Waals surface area contributed by atoms with Gasteiger partial charge in [-0.1, -0.05) is 0 Å². The summed E-state index contributed by atoms with van der Waals surface area (Å²) in [6, 6.07) is 1.57. The number of amides is 1. The van der Waals surface area contributed by atoms with Crippen molar-refractivity contribution in [1.82, 2.24) is 19.6 Å². The van der Waals surface area contributed by atoms with Gasteiger partial charge in [0.25, 0.3) is 0 Å². The SMILES string of the molecule is Cc1ccnn1C(C)C(=O)N1CCN(CCS(C)(=O)=O)CC1. The van der Waals surface area contributed by atoms with Crippen LogP contribution in [0.2, 0.25) is 0 Å². The highest BCUT2D eigenvalue weighted by atomic mass is 32.2. The summed E-state index contributed by atoms with van der Waals surface area (Å²) in [6.45, 7) is 7.02. The summed E-state index contributed by atoms with van der Waals surface area (Å²) in [4.78, 5) is 16.5. The second-order valence-electron chi connectivity index (χ2n) is 5.89. The van der Waals surface area contributed by atoms with Crippen LogP contribution in [0.1, 0.15) is 18.7 Å². The van der Waals surface area contributed by atoms with Gasteiger partial charge in [0, 0.05) is 50.9 Å². The summed E-state index contributed by atoms with van der Waals surface area (Å²) >= 11 is 0. The fourth-order valence-electron chi connectivity index (χ4n) is 2.64. The van der Waals surface area contributed by atoms with Crippen molar-refractivity contribution < 1.29 is 13.2 Å². The van der Waals surface area contributed by atoms with Crippen molar-refractivity contribution in [1.29, 1.82) is 0 Å². The summed E-state index contributed by atoms with van der Waals surface area (Å²) in [5.74, 6) is 0.235. The molecule has 22 heavy (non-hydrogen) atoms. The van der Waals surface area contributed by atoms with Crippen molar-refractivity contribution in [2.45, 2.75) is 19.9 Å². The third kappa shape index (κ3) is 4.30. The van der Waals surface area contributed by atoms with Crippen LogP contribution in [0.3, 0.4) is 0 Å². The smallest absolute Gasteiger partial charge is 0.247 e. The average Bonchev–Trinajstić information content (AvgIpc) is 2.89. The van der Waals surface area contributed by atoms with Gasteiger partial charge in [0.1, 0.15) is 15.9 Å². The average molecular weight is 328 g/mol. The molecule has 0 bridgehead atoms. The first-order valence-electron chi connectivity index (χ1n) is 7.47. The molecule has 1 aliphatic rings. The maximum Gasteiger partial charge on any atom is 0.247 e. The van der Waals surface area contributed by atoms with Crippen LogP contribution in [-0.2, 0) is 14.6 Å². The zero-order valence-corrected chi connectivity index (χ0v) is 14.2. The van der Waals surface area contributed by atoms with Crippen molar-refractivity contribution in [2.75, 3.05) is 44.7 Å². The highest BCUT2D eigenvalue weighted by Gasteiger charge is 2.26. The third-order valence-electron chi connectivity index (χ3n) is 4.05. The minimum atomic E-state index is -2.93. The van der Waals surface area contributed by atoms with E-state index in [9.17, 15) is 13.2 Å². The summed E-state index contributed by atoms with van der Waals surface area (Å²) in [5.41, 5.74) is 0.965.